The monoisotopic (exact) mass is 300 g/mol. The summed E-state index contributed by atoms with van der Waals surface area (Å²) >= 11 is 0. The fourth-order valence-corrected chi connectivity index (χ4v) is 2.50. The van der Waals surface area contributed by atoms with Crippen molar-refractivity contribution in [1.29, 1.82) is 0 Å². The van der Waals surface area contributed by atoms with Crippen molar-refractivity contribution in [2.75, 3.05) is 19.6 Å². The summed E-state index contributed by atoms with van der Waals surface area (Å²) in [6.07, 6.45) is 1.60. The summed E-state index contributed by atoms with van der Waals surface area (Å²) in [4.78, 5) is 24.9. The number of aliphatic carboxylic acids is 1. The Morgan fingerprint density at radius 1 is 1.29 bits per heavy atom. The molecule has 21 heavy (non-hydrogen) atoms. The van der Waals surface area contributed by atoms with Crippen LogP contribution in [0.15, 0.2) is 0 Å². The van der Waals surface area contributed by atoms with E-state index in [-0.39, 0.29) is 18.0 Å². The highest BCUT2D eigenvalue weighted by molar-refractivity contribution is 5.76. The topological polar surface area (TPSA) is 89.9 Å². The first-order valence-corrected chi connectivity index (χ1v) is 7.48. The highest BCUT2D eigenvalue weighted by atomic mass is 16.4. The van der Waals surface area contributed by atoms with Crippen LogP contribution in [0.2, 0.25) is 0 Å². The smallest absolute Gasteiger partial charge is 0.317 e. The number of carbonyl (C=O) groups excluding carboxylic acids is 1. The Morgan fingerprint density at radius 3 is 2.24 bits per heavy atom. The maximum atomic E-state index is 12.0. The maximum Gasteiger partial charge on any atom is 0.317 e. The molecule has 122 valence electrons. The Labute approximate surface area is 126 Å². The molecule has 1 aliphatic rings. The zero-order valence-electron chi connectivity index (χ0n) is 13.5. The highest BCUT2D eigenvalue weighted by Gasteiger charge is 2.30. The molecule has 0 aromatic rings. The van der Waals surface area contributed by atoms with Gasteiger partial charge in [-0.2, -0.15) is 0 Å². The van der Waals surface area contributed by atoms with Crippen molar-refractivity contribution in [2.45, 2.75) is 52.6 Å². The van der Waals surface area contributed by atoms with Gasteiger partial charge in [0.2, 0.25) is 0 Å². The third-order valence-corrected chi connectivity index (χ3v) is 3.84. The molecule has 1 aliphatic heterocycles. The first kappa shape index (κ1) is 17.8. The zero-order valence-corrected chi connectivity index (χ0v) is 13.5. The van der Waals surface area contributed by atoms with Crippen LogP contribution in [0.4, 0.5) is 4.79 Å². The van der Waals surface area contributed by atoms with E-state index < -0.39 is 17.5 Å². The predicted molar refractivity (Wildman–Crippen MR) is 80.0 cm³/mol. The number of piperidine rings is 1. The largest absolute Gasteiger partial charge is 0.481 e. The van der Waals surface area contributed by atoms with Gasteiger partial charge in [-0.3, -0.25) is 4.79 Å². The van der Waals surface area contributed by atoms with Gasteiger partial charge in [-0.05, 0) is 31.6 Å². The molecule has 0 aromatic heterocycles. The van der Waals surface area contributed by atoms with E-state index in [2.05, 4.69) is 5.32 Å². The van der Waals surface area contributed by atoms with Gasteiger partial charge in [0.1, 0.15) is 0 Å². The SMILES string of the molecule is CC(C)(C)CC(CNC(=O)N1CCC(C)(O)CC1)C(=O)O. The molecule has 1 atom stereocenters. The van der Waals surface area contributed by atoms with Crippen molar-refractivity contribution >= 4 is 12.0 Å². The summed E-state index contributed by atoms with van der Waals surface area (Å²) in [7, 11) is 0. The summed E-state index contributed by atoms with van der Waals surface area (Å²) in [5, 5.41) is 21.8. The van der Waals surface area contributed by atoms with E-state index in [9.17, 15) is 19.8 Å². The van der Waals surface area contributed by atoms with Gasteiger partial charge < -0.3 is 20.4 Å². The summed E-state index contributed by atoms with van der Waals surface area (Å²) in [6, 6.07) is -0.245. The van der Waals surface area contributed by atoms with Crippen molar-refractivity contribution in [3.63, 3.8) is 0 Å². The van der Waals surface area contributed by atoms with Crippen LogP contribution in [0.1, 0.15) is 47.0 Å². The average Bonchev–Trinajstić information content (AvgIpc) is 2.32. The summed E-state index contributed by atoms with van der Waals surface area (Å²) in [6.45, 7) is 8.85. The second-order valence-electron chi connectivity index (χ2n) is 7.47. The minimum absolute atomic E-state index is 0.0996. The molecule has 6 nitrogen and oxygen atoms in total. The van der Waals surface area contributed by atoms with Gasteiger partial charge in [-0.15, -0.1) is 0 Å². The minimum atomic E-state index is -0.883. The molecule has 1 heterocycles. The molecule has 0 spiro atoms. The molecule has 0 aromatic carbocycles. The number of carboxylic acid groups (broad SMARTS) is 1. The lowest BCUT2D eigenvalue weighted by Gasteiger charge is -2.36. The number of rotatable bonds is 4. The molecule has 3 N–H and O–H groups in total. The molecule has 6 heteroatoms. The molecule has 0 saturated carbocycles. The molecule has 1 fully saturated rings. The molecule has 0 radical (unpaired) electrons. The number of amides is 2. The van der Waals surface area contributed by atoms with Crippen LogP contribution in [0.5, 0.6) is 0 Å². The second kappa shape index (κ2) is 6.64. The van der Waals surface area contributed by atoms with Gasteiger partial charge in [0, 0.05) is 19.6 Å². The van der Waals surface area contributed by atoms with Crippen LogP contribution >= 0.6 is 0 Å². The average molecular weight is 300 g/mol. The first-order valence-electron chi connectivity index (χ1n) is 7.48. The number of aliphatic hydroxyl groups is 1. The van der Waals surface area contributed by atoms with Gasteiger partial charge in [-0.25, -0.2) is 4.79 Å². The van der Waals surface area contributed by atoms with Gasteiger partial charge in [0.15, 0.2) is 0 Å². The van der Waals surface area contributed by atoms with E-state index in [0.29, 0.717) is 32.4 Å². The lowest BCUT2D eigenvalue weighted by molar-refractivity contribution is -0.142. The molecule has 1 saturated heterocycles. The van der Waals surface area contributed by atoms with Crippen molar-refractivity contribution in [3.8, 4) is 0 Å². The number of nitrogens with zero attached hydrogens (tertiary/aromatic N) is 1. The van der Waals surface area contributed by atoms with Crippen molar-refractivity contribution in [1.82, 2.24) is 10.2 Å². The number of nitrogens with one attached hydrogen (secondary N) is 1. The number of carbonyl (C=O) groups is 2. The van der Waals surface area contributed by atoms with Gasteiger partial charge in [-0.1, -0.05) is 20.8 Å². The third kappa shape index (κ3) is 6.33. The Balaban J connectivity index is 2.45. The highest BCUT2D eigenvalue weighted by Crippen LogP contribution is 2.24. The van der Waals surface area contributed by atoms with Crippen molar-refractivity contribution in [3.05, 3.63) is 0 Å². The molecule has 0 bridgehead atoms. The number of hydrogen-bond donors (Lipinski definition) is 3. The Kier molecular flexibility index (Phi) is 5.61. The molecule has 2 amide bonds. The van der Waals surface area contributed by atoms with Crippen LogP contribution in [-0.4, -0.2) is 52.3 Å². The van der Waals surface area contributed by atoms with Crippen molar-refractivity contribution < 1.29 is 19.8 Å². The van der Waals surface area contributed by atoms with Crippen LogP contribution in [-0.2, 0) is 4.79 Å². The predicted octanol–water partition coefficient (Wildman–Crippen LogP) is 1.68. The molecule has 0 aliphatic carbocycles. The van der Waals surface area contributed by atoms with Gasteiger partial charge in [0.25, 0.3) is 0 Å². The Bertz CT molecular complexity index is 378. The number of carboxylic acids is 1. The molecule has 1 unspecified atom stereocenters. The van der Waals surface area contributed by atoms with E-state index in [1.807, 2.05) is 20.8 Å². The van der Waals surface area contributed by atoms with E-state index in [1.165, 1.54) is 0 Å². The first-order chi connectivity index (χ1) is 9.50. The fourth-order valence-electron chi connectivity index (χ4n) is 2.50. The van der Waals surface area contributed by atoms with Gasteiger partial charge >= 0.3 is 12.0 Å². The fraction of sp³-hybridized carbons (Fsp3) is 0.867. The minimum Gasteiger partial charge on any atom is -0.481 e. The molecular formula is C15H28N2O4. The van der Waals surface area contributed by atoms with Gasteiger partial charge in [0.05, 0.1) is 11.5 Å². The maximum absolute atomic E-state index is 12.0. The third-order valence-electron chi connectivity index (χ3n) is 3.84. The lowest BCUT2D eigenvalue weighted by Crippen LogP contribution is -2.50. The van der Waals surface area contributed by atoms with E-state index in [1.54, 1.807) is 11.8 Å². The quantitative estimate of drug-likeness (QED) is 0.737. The summed E-state index contributed by atoms with van der Waals surface area (Å²) in [5.41, 5.74) is -0.801. The zero-order chi connectivity index (χ0) is 16.3. The lowest BCUT2D eigenvalue weighted by atomic mass is 9.84. The summed E-state index contributed by atoms with van der Waals surface area (Å²) in [5.74, 6) is -1.46. The number of likely N-dealkylation sites (tertiary alicyclic amines) is 1. The van der Waals surface area contributed by atoms with Crippen LogP contribution in [0.25, 0.3) is 0 Å². The van der Waals surface area contributed by atoms with Crippen LogP contribution < -0.4 is 5.32 Å². The normalized spacial score (nSPS) is 20.0. The standard InChI is InChI=1S/C15H28N2O4/c1-14(2,3)9-11(12(18)19)10-16-13(20)17-7-5-15(4,21)6-8-17/h11,21H,5-10H2,1-4H3,(H,16,20)(H,18,19). The second-order valence-corrected chi connectivity index (χ2v) is 7.47. The summed E-state index contributed by atoms with van der Waals surface area (Å²) < 4.78 is 0. The molecular weight excluding hydrogens is 272 g/mol. The van der Waals surface area contributed by atoms with E-state index in [0.717, 1.165) is 0 Å². The molecule has 1 rings (SSSR count). The Morgan fingerprint density at radius 2 is 1.81 bits per heavy atom. The van der Waals surface area contributed by atoms with E-state index >= 15 is 0 Å². The van der Waals surface area contributed by atoms with Crippen LogP contribution in [0.3, 0.4) is 0 Å². The number of hydrogen-bond acceptors (Lipinski definition) is 3. The van der Waals surface area contributed by atoms with E-state index in [4.69, 9.17) is 0 Å². The number of urea groups is 1. The Hall–Kier alpha value is -1.30. The van der Waals surface area contributed by atoms with Crippen LogP contribution in [0, 0.1) is 11.3 Å². The van der Waals surface area contributed by atoms with Crippen molar-refractivity contribution in [2.24, 2.45) is 11.3 Å².